The highest BCUT2D eigenvalue weighted by Crippen LogP contribution is 2.27. The molecule has 0 saturated heterocycles. The van der Waals surface area contributed by atoms with Crippen molar-refractivity contribution in [1.29, 1.82) is 0 Å². The van der Waals surface area contributed by atoms with E-state index < -0.39 is 6.03 Å². The number of aromatic nitrogens is 2. The number of carbonyl (C=O) groups is 1. The van der Waals surface area contributed by atoms with Gasteiger partial charge in [-0.25, -0.2) is 9.78 Å². The maximum Gasteiger partial charge on any atom is 0.323 e. The van der Waals surface area contributed by atoms with Crippen LogP contribution in [0.4, 0.5) is 16.2 Å². The lowest BCUT2D eigenvalue weighted by Gasteiger charge is -2.14. The van der Waals surface area contributed by atoms with E-state index in [-0.39, 0.29) is 12.2 Å². The average Bonchev–Trinajstić information content (AvgIpc) is 2.75. The third-order valence-corrected chi connectivity index (χ3v) is 5.13. The molecule has 9 heteroatoms. The molecular formula is C23H18Cl2N4O3. The number of hydrogen-bond acceptors (Lipinski definition) is 4. The largest absolute Gasteiger partial charge is 0.485 e. The smallest absolute Gasteiger partial charge is 0.323 e. The lowest BCUT2D eigenvalue weighted by atomic mass is 10.3. The molecule has 0 aliphatic carbocycles. The fraction of sp³-hybridized carbons (Fsp3) is 0.0870. The molecule has 2 aromatic carbocycles. The van der Waals surface area contributed by atoms with Gasteiger partial charge in [-0.3, -0.25) is 9.20 Å². The summed E-state index contributed by atoms with van der Waals surface area (Å²) in [6.07, 6.45) is 1.69. The SMILES string of the molecule is Cc1ccn2c(=O)cc(COc3ccccc3NC(=O)Nc3cc(Cl)ccc3Cl)nc2c1. The number of urea groups is 1. The van der Waals surface area contributed by atoms with E-state index in [1.165, 1.54) is 10.5 Å². The normalized spacial score (nSPS) is 10.7. The molecule has 4 aromatic rings. The molecule has 0 bridgehead atoms. The van der Waals surface area contributed by atoms with E-state index >= 15 is 0 Å². The lowest BCUT2D eigenvalue weighted by molar-refractivity contribution is 0.261. The molecule has 0 atom stereocenters. The molecule has 0 radical (unpaired) electrons. The molecule has 0 fully saturated rings. The van der Waals surface area contributed by atoms with Crippen molar-refractivity contribution in [3.63, 3.8) is 0 Å². The second kappa shape index (κ2) is 9.30. The van der Waals surface area contributed by atoms with E-state index in [4.69, 9.17) is 27.9 Å². The highest BCUT2D eigenvalue weighted by molar-refractivity contribution is 6.35. The molecule has 162 valence electrons. The zero-order valence-corrected chi connectivity index (χ0v) is 18.4. The second-order valence-electron chi connectivity index (χ2n) is 7.01. The van der Waals surface area contributed by atoms with E-state index in [1.54, 1.807) is 48.7 Å². The Kier molecular flexibility index (Phi) is 6.30. The summed E-state index contributed by atoms with van der Waals surface area (Å²) in [5.41, 5.74) is 2.64. The van der Waals surface area contributed by atoms with Gasteiger partial charge in [0, 0.05) is 17.3 Å². The standard InChI is InChI=1S/C23H18Cl2N4O3/c1-14-8-9-29-21(10-14)26-16(12-22(29)30)13-32-20-5-3-2-4-18(20)27-23(31)28-19-11-15(24)6-7-17(19)25/h2-12H,13H2,1H3,(H2,27,28,31). The maximum atomic E-state index is 12.5. The molecule has 0 aliphatic rings. The highest BCUT2D eigenvalue weighted by Gasteiger charge is 2.11. The van der Waals surface area contributed by atoms with Crippen molar-refractivity contribution in [3.05, 3.63) is 98.5 Å². The van der Waals surface area contributed by atoms with Crippen molar-refractivity contribution in [3.8, 4) is 5.75 Å². The topological polar surface area (TPSA) is 84.7 Å². The first-order valence-corrected chi connectivity index (χ1v) is 10.4. The summed E-state index contributed by atoms with van der Waals surface area (Å²) in [6.45, 7) is 1.99. The summed E-state index contributed by atoms with van der Waals surface area (Å²) in [5.74, 6) is 0.422. The summed E-state index contributed by atoms with van der Waals surface area (Å²) >= 11 is 12.1. The summed E-state index contributed by atoms with van der Waals surface area (Å²) < 4.78 is 7.32. The number of nitrogens with one attached hydrogen (secondary N) is 2. The number of rotatable bonds is 5. The van der Waals surface area contributed by atoms with Gasteiger partial charge in [0.25, 0.3) is 5.56 Å². The average molecular weight is 469 g/mol. The Morgan fingerprint density at radius 1 is 1.03 bits per heavy atom. The fourth-order valence-corrected chi connectivity index (χ4v) is 3.38. The summed E-state index contributed by atoms with van der Waals surface area (Å²) in [6, 6.07) is 16.3. The van der Waals surface area contributed by atoms with Crippen LogP contribution in [0, 0.1) is 6.92 Å². The van der Waals surface area contributed by atoms with Gasteiger partial charge in [0.05, 0.1) is 22.1 Å². The molecule has 4 rings (SSSR count). The molecule has 0 unspecified atom stereocenters. The van der Waals surface area contributed by atoms with E-state index in [0.717, 1.165) is 5.56 Å². The predicted octanol–water partition coefficient (Wildman–Crippen LogP) is 5.53. The van der Waals surface area contributed by atoms with Crippen molar-refractivity contribution >= 4 is 46.3 Å². The zero-order valence-electron chi connectivity index (χ0n) is 16.9. The second-order valence-corrected chi connectivity index (χ2v) is 7.85. The van der Waals surface area contributed by atoms with Crippen LogP contribution in [0.15, 0.2) is 71.7 Å². The first-order chi connectivity index (χ1) is 15.4. The van der Waals surface area contributed by atoms with E-state index in [0.29, 0.717) is 38.5 Å². The molecule has 2 aromatic heterocycles. The number of para-hydroxylation sites is 2. The maximum absolute atomic E-state index is 12.5. The molecule has 7 nitrogen and oxygen atoms in total. The molecule has 32 heavy (non-hydrogen) atoms. The number of nitrogens with zero attached hydrogens (tertiary/aromatic N) is 2. The van der Waals surface area contributed by atoms with Crippen molar-refractivity contribution in [2.45, 2.75) is 13.5 Å². The number of amides is 2. The van der Waals surface area contributed by atoms with Crippen LogP contribution in [0.1, 0.15) is 11.3 Å². The van der Waals surface area contributed by atoms with Crippen molar-refractivity contribution in [2.75, 3.05) is 10.6 Å². The third-order valence-electron chi connectivity index (χ3n) is 4.56. The molecule has 0 aliphatic heterocycles. The van der Waals surface area contributed by atoms with Gasteiger partial charge in [-0.15, -0.1) is 0 Å². The molecule has 0 spiro atoms. The molecule has 2 N–H and O–H groups in total. The predicted molar refractivity (Wildman–Crippen MR) is 126 cm³/mol. The summed E-state index contributed by atoms with van der Waals surface area (Å²) in [5, 5.41) is 6.19. The number of fused-ring (bicyclic) bond motifs is 1. The number of benzene rings is 2. The molecule has 2 heterocycles. The van der Waals surface area contributed by atoms with Gasteiger partial charge in [-0.2, -0.15) is 0 Å². The Morgan fingerprint density at radius 3 is 2.66 bits per heavy atom. The number of pyridine rings is 1. The monoisotopic (exact) mass is 468 g/mol. The Labute approximate surface area is 193 Å². The zero-order chi connectivity index (χ0) is 22.7. The van der Waals surface area contributed by atoms with E-state index in [9.17, 15) is 9.59 Å². The molecule has 0 saturated carbocycles. The number of hydrogen-bond donors (Lipinski definition) is 2. The quantitative estimate of drug-likeness (QED) is 0.403. The van der Waals surface area contributed by atoms with Crippen LogP contribution in [-0.2, 0) is 6.61 Å². The fourth-order valence-electron chi connectivity index (χ4n) is 3.04. The van der Waals surface area contributed by atoms with Gasteiger partial charge < -0.3 is 15.4 Å². The number of carbonyl (C=O) groups excluding carboxylic acids is 1. The number of aryl methyl sites for hydroxylation is 1. The van der Waals surface area contributed by atoms with Crippen molar-refractivity contribution in [1.82, 2.24) is 9.38 Å². The summed E-state index contributed by atoms with van der Waals surface area (Å²) in [4.78, 5) is 29.3. The van der Waals surface area contributed by atoms with Gasteiger partial charge in [0.2, 0.25) is 0 Å². The van der Waals surface area contributed by atoms with Crippen LogP contribution in [0.2, 0.25) is 10.0 Å². The minimum absolute atomic E-state index is 0.0557. The Morgan fingerprint density at radius 2 is 1.81 bits per heavy atom. The molecule has 2 amide bonds. The van der Waals surface area contributed by atoms with Gasteiger partial charge in [0.1, 0.15) is 18.0 Å². The first kappa shape index (κ1) is 21.7. The van der Waals surface area contributed by atoms with Crippen LogP contribution in [-0.4, -0.2) is 15.4 Å². The number of anilines is 2. The van der Waals surface area contributed by atoms with Crippen LogP contribution >= 0.6 is 23.2 Å². The Bertz CT molecular complexity index is 1370. The van der Waals surface area contributed by atoms with Crippen LogP contribution in [0.3, 0.4) is 0 Å². The first-order valence-electron chi connectivity index (χ1n) is 9.63. The number of ether oxygens (including phenoxy) is 1. The van der Waals surface area contributed by atoms with E-state index in [2.05, 4.69) is 15.6 Å². The lowest BCUT2D eigenvalue weighted by Crippen LogP contribution is -2.20. The third kappa shape index (κ3) is 5.01. The van der Waals surface area contributed by atoms with Gasteiger partial charge in [0.15, 0.2) is 0 Å². The van der Waals surface area contributed by atoms with Gasteiger partial charge in [-0.05, 0) is 55.0 Å². The number of halogens is 2. The van der Waals surface area contributed by atoms with Gasteiger partial charge >= 0.3 is 6.03 Å². The van der Waals surface area contributed by atoms with Crippen molar-refractivity contribution in [2.24, 2.45) is 0 Å². The van der Waals surface area contributed by atoms with Crippen LogP contribution < -0.4 is 20.9 Å². The van der Waals surface area contributed by atoms with E-state index in [1.807, 2.05) is 19.1 Å². The van der Waals surface area contributed by atoms with Crippen molar-refractivity contribution < 1.29 is 9.53 Å². The minimum Gasteiger partial charge on any atom is -0.485 e. The van der Waals surface area contributed by atoms with Crippen LogP contribution in [0.25, 0.3) is 5.65 Å². The highest BCUT2D eigenvalue weighted by atomic mass is 35.5. The Balaban J connectivity index is 1.49. The van der Waals surface area contributed by atoms with Crippen LogP contribution in [0.5, 0.6) is 5.75 Å². The summed E-state index contributed by atoms with van der Waals surface area (Å²) in [7, 11) is 0. The van der Waals surface area contributed by atoms with Gasteiger partial charge in [-0.1, -0.05) is 35.3 Å². The minimum atomic E-state index is -0.511. The Hall–Kier alpha value is -3.55. The molecular weight excluding hydrogens is 451 g/mol.